The molecule has 0 aliphatic carbocycles. The minimum atomic E-state index is -0.479. The van der Waals surface area contributed by atoms with Crippen LogP contribution in [0.3, 0.4) is 0 Å². The first-order chi connectivity index (χ1) is 9.63. The van der Waals surface area contributed by atoms with Crippen molar-refractivity contribution in [3.05, 3.63) is 51.5 Å². The van der Waals surface area contributed by atoms with Gasteiger partial charge < -0.3 is 10.1 Å². The Kier molecular flexibility index (Phi) is 4.74. The van der Waals surface area contributed by atoms with E-state index < -0.39 is 5.97 Å². The van der Waals surface area contributed by atoms with Crippen molar-refractivity contribution in [2.45, 2.75) is 19.9 Å². The van der Waals surface area contributed by atoms with Crippen LogP contribution < -0.4 is 5.32 Å². The molecule has 0 unspecified atom stereocenters. The second kappa shape index (κ2) is 6.52. The number of rotatable bonds is 5. The van der Waals surface area contributed by atoms with Gasteiger partial charge in [0.15, 0.2) is 0 Å². The van der Waals surface area contributed by atoms with E-state index >= 15 is 0 Å². The number of thiophene rings is 1. The molecule has 0 spiro atoms. The average Bonchev–Trinajstić information content (AvgIpc) is 2.92. The molecule has 2 rings (SSSR count). The molecule has 0 amide bonds. The maximum Gasteiger partial charge on any atom is 0.339 e. The van der Waals surface area contributed by atoms with E-state index in [0.29, 0.717) is 17.8 Å². The monoisotopic (exact) mass is 293 g/mol. The maximum absolute atomic E-state index is 13.3. The van der Waals surface area contributed by atoms with Crippen LogP contribution in [0.1, 0.15) is 27.0 Å². The normalized spacial score (nSPS) is 10.3. The van der Waals surface area contributed by atoms with E-state index in [1.165, 1.54) is 30.2 Å². The maximum atomic E-state index is 13.3. The molecule has 3 nitrogen and oxygen atoms in total. The van der Waals surface area contributed by atoms with Crippen LogP contribution in [-0.4, -0.2) is 13.1 Å². The number of methoxy groups -OCH3 is 1. The number of hydrogen-bond acceptors (Lipinski definition) is 4. The van der Waals surface area contributed by atoms with Gasteiger partial charge in [-0.2, -0.15) is 0 Å². The molecule has 0 atom stereocenters. The Labute approximate surface area is 121 Å². The minimum Gasteiger partial charge on any atom is -0.465 e. The van der Waals surface area contributed by atoms with E-state index in [9.17, 15) is 9.18 Å². The number of anilines is 1. The Balaban J connectivity index is 2.15. The van der Waals surface area contributed by atoms with Gasteiger partial charge in [0, 0.05) is 16.3 Å². The van der Waals surface area contributed by atoms with Gasteiger partial charge in [-0.15, -0.1) is 11.3 Å². The highest BCUT2D eigenvalue weighted by Gasteiger charge is 2.12. The molecule has 20 heavy (non-hydrogen) atoms. The van der Waals surface area contributed by atoms with Crippen molar-refractivity contribution in [3.63, 3.8) is 0 Å². The summed E-state index contributed by atoms with van der Waals surface area (Å²) >= 11 is 1.70. The highest BCUT2D eigenvalue weighted by Crippen LogP contribution is 2.22. The van der Waals surface area contributed by atoms with Crippen molar-refractivity contribution in [1.29, 1.82) is 0 Å². The fourth-order valence-corrected chi connectivity index (χ4v) is 2.74. The predicted octanol–water partition coefficient (Wildman–Crippen LogP) is 3.85. The number of carbonyl (C=O) groups excluding carboxylic acids is 1. The fraction of sp³-hybridized carbons (Fsp3) is 0.267. The highest BCUT2D eigenvalue weighted by molar-refractivity contribution is 7.12. The molecule has 0 radical (unpaired) electrons. The molecule has 0 fully saturated rings. The van der Waals surface area contributed by atoms with E-state index in [1.807, 2.05) is 6.07 Å². The number of carbonyl (C=O) groups is 1. The molecule has 0 aliphatic rings. The minimum absolute atomic E-state index is 0.334. The van der Waals surface area contributed by atoms with Crippen LogP contribution in [-0.2, 0) is 17.7 Å². The van der Waals surface area contributed by atoms with Crippen molar-refractivity contribution >= 4 is 23.0 Å². The quantitative estimate of drug-likeness (QED) is 0.851. The lowest BCUT2D eigenvalue weighted by molar-refractivity contribution is 0.0602. The first kappa shape index (κ1) is 14.5. The zero-order valence-electron chi connectivity index (χ0n) is 11.4. The van der Waals surface area contributed by atoms with Crippen LogP contribution in [0.4, 0.5) is 10.1 Å². The van der Waals surface area contributed by atoms with Crippen molar-refractivity contribution in [1.82, 2.24) is 0 Å². The van der Waals surface area contributed by atoms with Crippen molar-refractivity contribution in [2.75, 3.05) is 12.4 Å². The first-order valence-electron chi connectivity index (χ1n) is 6.33. The summed E-state index contributed by atoms with van der Waals surface area (Å²) in [5, 5.41) is 3.09. The lowest BCUT2D eigenvalue weighted by Gasteiger charge is -2.10. The molecule has 1 N–H and O–H groups in total. The van der Waals surface area contributed by atoms with Crippen LogP contribution in [0.2, 0.25) is 0 Å². The number of aryl methyl sites for hydroxylation is 1. The average molecular weight is 293 g/mol. The van der Waals surface area contributed by atoms with Gasteiger partial charge >= 0.3 is 5.97 Å². The van der Waals surface area contributed by atoms with Crippen LogP contribution in [0.25, 0.3) is 0 Å². The van der Waals surface area contributed by atoms with E-state index in [0.717, 1.165) is 11.3 Å². The van der Waals surface area contributed by atoms with Crippen molar-refractivity contribution in [2.24, 2.45) is 0 Å². The standard InChI is InChI=1S/C15H16FNO2S/c1-3-11-5-6-12(20-11)9-17-14-8-10(16)4-7-13(14)15(18)19-2/h4-8,17H,3,9H2,1-2H3. The van der Waals surface area contributed by atoms with Crippen LogP contribution >= 0.6 is 11.3 Å². The molecule has 0 aliphatic heterocycles. The number of halogens is 1. The predicted molar refractivity (Wildman–Crippen MR) is 78.8 cm³/mol. The first-order valence-corrected chi connectivity index (χ1v) is 7.15. The third kappa shape index (κ3) is 3.36. The third-order valence-corrected chi connectivity index (χ3v) is 4.14. The Morgan fingerprint density at radius 3 is 2.70 bits per heavy atom. The second-order valence-electron chi connectivity index (χ2n) is 4.26. The Hall–Kier alpha value is -1.88. The molecule has 1 heterocycles. The summed E-state index contributed by atoms with van der Waals surface area (Å²) in [5.41, 5.74) is 0.782. The molecule has 0 bridgehead atoms. The number of hydrogen-bond donors (Lipinski definition) is 1. The molecular weight excluding hydrogens is 277 g/mol. The van der Waals surface area contributed by atoms with Crippen LogP contribution in [0.5, 0.6) is 0 Å². The largest absolute Gasteiger partial charge is 0.465 e. The lowest BCUT2D eigenvalue weighted by atomic mass is 10.1. The summed E-state index contributed by atoms with van der Waals surface area (Å²) in [7, 11) is 1.31. The lowest BCUT2D eigenvalue weighted by Crippen LogP contribution is -2.08. The van der Waals surface area contributed by atoms with Gasteiger partial charge in [0.2, 0.25) is 0 Å². The number of benzene rings is 1. The SMILES string of the molecule is CCc1ccc(CNc2cc(F)ccc2C(=O)OC)s1. The molecule has 0 saturated heterocycles. The number of nitrogens with one attached hydrogen (secondary N) is 1. The fourth-order valence-electron chi connectivity index (χ4n) is 1.84. The summed E-state index contributed by atoms with van der Waals surface area (Å²) in [6.45, 7) is 2.66. The third-order valence-electron chi connectivity index (χ3n) is 2.91. The molecule has 2 aromatic rings. The second-order valence-corrected chi connectivity index (χ2v) is 5.51. The van der Waals surface area contributed by atoms with Gasteiger partial charge in [0.1, 0.15) is 5.82 Å². The van der Waals surface area contributed by atoms with E-state index in [4.69, 9.17) is 4.74 Å². The molecule has 0 saturated carbocycles. The van der Waals surface area contributed by atoms with Gasteiger partial charge in [-0.25, -0.2) is 9.18 Å². The number of esters is 1. The van der Waals surface area contributed by atoms with Gasteiger partial charge in [-0.1, -0.05) is 6.92 Å². The van der Waals surface area contributed by atoms with Crippen LogP contribution in [0, 0.1) is 5.82 Å². The van der Waals surface area contributed by atoms with Crippen molar-refractivity contribution < 1.29 is 13.9 Å². The molecular formula is C15H16FNO2S. The summed E-state index contributed by atoms with van der Waals surface area (Å²) < 4.78 is 18.0. The zero-order chi connectivity index (χ0) is 14.5. The van der Waals surface area contributed by atoms with E-state index in [2.05, 4.69) is 18.3 Å². The van der Waals surface area contributed by atoms with E-state index in [-0.39, 0.29) is 5.82 Å². The van der Waals surface area contributed by atoms with Gasteiger partial charge in [-0.3, -0.25) is 0 Å². The molecule has 5 heteroatoms. The smallest absolute Gasteiger partial charge is 0.339 e. The summed E-state index contributed by atoms with van der Waals surface area (Å²) in [6, 6.07) is 8.09. The summed E-state index contributed by atoms with van der Waals surface area (Å²) in [6.07, 6.45) is 0.998. The Morgan fingerprint density at radius 2 is 2.05 bits per heavy atom. The van der Waals surface area contributed by atoms with Gasteiger partial charge in [0.05, 0.1) is 18.4 Å². The summed E-state index contributed by atoms with van der Waals surface area (Å²) in [5.74, 6) is -0.867. The Bertz CT molecular complexity index is 610. The topological polar surface area (TPSA) is 38.3 Å². The van der Waals surface area contributed by atoms with Gasteiger partial charge in [0.25, 0.3) is 0 Å². The van der Waals surface area contributed by atoms with E-state index in [1.54, 1.807) is 11.3 Å². The molecule has 1 aromatic carbocycles. The molecule has 106 valence electrons. The summed E-state index contributed by atoms with van der Waals surface area (Å²) in [4.78, 5) is 14.1. The number of ether oxygens (including phenoxy) is 1. The molecule has 1 aromatic heterocycles. The van der Waals surface area contributed by atoms with Crippen LogP contribution in [0.15, 0.2) is 30.3 Å². The van der Waals surface area contributed by atoms with Gasteiger partial charge in [-0.05, 0) is 36.8 Å². The van der Waals surface area contributed by atoms with Crippen molar-refractivity contribution in [3.8, 4) is 0 Å². The highest BCUT2D eigenvalue weighted by atomic mass is 32.1. The zero-order valence-corrected chi connectivity index (χ0v) is 12.2. The Morgan fingerprint density at radius 1 is 1.30 bits per heavy atom.